The van der Waals surface area contributed by atoms with Crippen molar-refractivity contribution in [2.24, 2.45) is 0 Å². The van der Waals surface area contributed by atoms with Crippen LogP contribution >= 0.6 is 0 Å². The average Bonchev–Trinajstić information content (AvgIpc) is 2.28. The van der Waals surface area contributed by atoms with Crippen molar-refractivity contribution in [2.45, 2.75) is 32.8 Å². The van der Waals surface area contributed by atoms with E-state index in [-0.39, 0.29) is 6.10 Å². The SMILES string of the molecule is C=C(C)CCOc1ccc([C@H](O)CC)cc1. The Kier molecular flexibility index (Phi) is 5.06. The third-order valence-corrected chi connectivity index (χ3v) is 2.45. The summed E-state index contributed by atoms with van der Waals surface area (Å²) in [5.41, 5.74) is 2.06. The van der Waals surface area contributed by atoms with E-state index in [0.717, 1.165) is 29.7 Å². The normalized spacial score (nSPS) is 12.2. The molecule has 0 heterocycles. The van der Waals surface area contributed by atoms with Crippen LogP contribution in [0, 0.1) is 0 Å². The first-order chi connectivity index (χ1) is 7.63. The Hall–Kier alpha value is -1.28. The first-order valence-corrected chi connectivity index (χ1v) is 5.68. The smallest absolute Gasteiger partial charge is 0.119 e. The van der Waals surface area contributed by atoms with Gasteiger partial charge in [-0.2, -0.15) is 0 Å². The second-order valence-corrected chi connectivity index (χ2v) is 4.05. The molecule has 0 aliphatic heterocycles. The quantitative estimate of drug-likeness (QED) is 0.744. The Labute approximate surface area is 97.6 Å². The van der Waals surface area contributed by atoms with E-state index >= 15 is 0 Å². The van der Waals surface area contributed by atoms with Crippen LogP contribution in [0.15, 0.2) is 36.4 Å². The third kappa shape index (κ3) is 4.07. The van der Waals surface area contributed by atoms with Gasteiger partial charge in [-0.05, 0) is 31.0 Å². The summed E-state index contributed by atoms with van der Waals surface area (Å²) >= 11 is 0. The van der Waals surface area contributed by atoms with Gasteiger partial charge in [0.1, 0.15) is 5.75 Å². The van der Waals surface area contributed by atoms with Crippen molar-refractivity contribution in [3.05, 3.63) is 42.0 Å². The van der Waals surface area contributed by atoms with Crippen LogP contribution in [0.4, 0.5) is 0 Å². The number of ether oxygens (including phenoxy) is 1. The van der Waals surface area contributed by atoms with Gasteiger partial charge in [-0.1, -0.05) is 24.6 Å². The highest BCUT2D eigenvalue weighted by molar-refractivity contribution is 5.28. The zero-order valence-electron chi connectivity index (χ0n) is 10.1. The fourth-order valence-corrected chi connectivity index (χ4v) is 1.37. The Bertz CT molecular complexity index is 327. The number of rotatable bonds is 6. The van der Waals surface area contributed by atoms with E-state index in [0.29, 0.717) is 6.61 Å². The molecule has 1 atom stereocenters. The van der Waals surface area contributed by atoms with Crippen molar-refractivity contribution in [1.82, 2.24) is 0 Å². The molecule has 0 saturated heterocycles. The highest BCUT2D eigenvalue weighted by atomic mass is 16.5. The second-order valence-electron chi connectivity index (χ2n) is 4.05. The van der Waals surface area contributed by atoms with Gasteiger partial charge in [-0.25, -0.2) is 0 Å². The molecule has 0 amide bonds. The van der Waals surface area contributed by atoms with Crippen LogP contribution in [-0.2, 0) is 0 Å². The monoisotopic (exact) mass is 220 g/mol. The van der Waals surface area contributed by atoms with Gasteiger partial charge in [0.05, 0.1) is 12.7 Å². The third-order valence-electron chi connectivity index (χ3n) is 2.45. The predicted molar refractivity (Wildman–Crippen MR) is 66.6 cm³/mol. The molecule has 0 aliphatic carbocycles. The lowest BCUT2D eigenvalue weighted by molar-refractivity contribution is 0.173. The maximum atomic E-state index is 9.62. The summed E-state index contributed by atoms with van der Waals surface area (Å²) in [6.07, 6.45) is 1.24. The van der Waals surface area contributed by atoms with E-state index in [9.17, 15) is 5.11 Å². The molecule has 1 aromatic rings. The Balaban J connectivity index is 2.48. The van der Waals surface area contributed by atoms with E-state index in [1.54, 1.807) is 0 Å². The Morgan fingerprint density at radius 2 is 2.00 bits per heavy atom. The molecule has 16 heavy (non-hydrogen) atoms. The van der Waals surface area contributed by atoms with E-state index < -0.39 is 0 Å². The lowest BCUT2D eigenvalue weighted by Crippen LogP contribution is -1.99. The van der Waals surface area contributed by atoms with Crippen LogP contribution in [0.3, 0.4) is 0 Å². The lowest BCUT2D eigenvalue weighted by Gasteiger charge is -2.10. The van der Waals surface area contributed by atoms with Crippen LogP contribution in [0.5, 0.6) is 5.75 Å². The highest BCUT2D eigenvalue weighted by Gasteiger charge is 2.04. The van der Waals surface area contributed by atoms with Gasteiger partial charge in [0.15, 0.2) is 0 Å². The first kappa shape index (κ1) is 12.8. The summed E-state index contributed by atoms with van der Waals surface area (Å²) in [7, 11) is 0. The van der Waals surface area contributed by atoms with Crippen molar-refractivity contribution in [3.63, 3.8) is 0 Å². The average molecular weight is 220 g/mol. The van der Waals surface area contributed by atoms with Gasteiger partial charge in [0.25, 0.3) is 0 Å². The number of benzene rings is 1. The maximum absolute atomic E-state index is 9.62. The minimum Gasteiger partial charge on any atom is -0.493 e. The summed E-state index contributed by atoms with van der Waals surface area (Å²) in [5.74, 6) is 0.841. The van der Waals surface area contributed by atoms with E-state index in [1.165, 1.54) is 0 Å². The summed E-state index contributed by atoms with van der Waals surface area (Å²) in [4.78, 5) is 0. The zero-order valence-corrected chi connectivity index (χ0v) is 10.1. The van der Waals surface area contributed by atoms with Gasteiger partial charge < -0.3 is 9.84 Å². The molecule has 88 valence electrons. The van der Waals surface area contributed by atoms with E-state index in [2.05, 4.69) is 6.58 Å². The van der Waals surface area contributed by atoms with Gasteiger partial charge in [-0.15, -0.1) is 6.58 Å². The van der Waals surface area contributed by atoms with Crippen molar-refractivity contribution in [2.75, 3.05) is 6.61 Å². The first-order valence-electron chi connectivity index (χ1n) is 5.68. The van der Waals surface area contributed by atoms with Crippen LogP contribution in [0.1, 0.15) is 38.4 Å². The number of hydrogen-bond acceptors (Lipinski definition) is 2. The predicted octanol–water partition coefficient (Wildman–Crippen LogP) is 3.48. The highest BCUT2D eigenvalue weighted by Crippen LogP contribution is 2.19. The lowest BCUT2D eigenvalue weighted by atomic mass is 10.1. The number of hydrogen-bond donors (Lipinski definition) is 1. The van der Waals surface area contributed by atoms with Crippen molar-refractivity contribution in [1.29, 1.82) is 0 Å². The fraction of sp³-hybridized carbons (Fsp3) is 0.429. The summed E-state index contributed by atoms with van der Waals surface area (Å²) in [6.45, 7) is 8.43. The van der Waals surface area contributed by atoms with Crippen LogP contribution in [-0.4, -0.2) is 11.7 Å². The summed E-state index contributed by atoms with van der Waals surface area (Å²) < 4.78 is 5.54. The van der Waals surface area contributed by atoms with Crippen molar-refractivity contribution in [3.8, 4) is 5.75 Å². The molecule has 0 fully saturated rings. The molecule has 0 aromatic heterocycles. The van der Waals surface area contributed by atoms with Crippen LogP contribution in [0.2, 0.25) is 0 Å². The molecule has 1 aromatic carbocycles. The second kappa shape index (κ2) is 6.33. The summed E-state index contributed by atoms with van der Waals surface area (Å²) in [5, 5.41) is 9.62. The molecular formula is C14H20O2. The molecule has 0 bridgehead atoms. The molecule has 0 aliphatic rings. The Morgan fingerprint density at radius 1 is 1.38 bits per heavy atom. The number of aliphatic hydroxyl groups excluding tert-OH is 1. The van der Waals surface area contributed by atoms with Crippen LogP contribution in [0.25, 0.3) is 0 Å². The molecule has 1 rings (SSSR count). The van der Waals surface area contributed by atoms with Gasteiger partial charge in [-0.3, -0.25) is 0 Å². The molecule has 0 radical (unpaired) electrons. The Morgan fingerprint density at radius 3 is 2.50 bits per heavy atom. The maximum Gasteiger partial charge on any atom is 0.119 e. The zero-order chi connectivity index (χ0) is 12.0. The molecule has 0 spiro atoms. The molecule has 0 saturated carbocycles. The molecule has 0 unspecified atom stereocenters. The summed E-state index contributed by atoms with van der Waals surface area (Å²) in [6, 6.07) is 7.60. The fourth-order valence-electron chi connectivity index (χ4n) is 1.37. The van der Waals surface area contributed by atoms with Gasteiger partial charge in [0, 0.05) is 6.42 Å². The molecule has 2 nitrogen and oxygen atoms in total. The van der Waals surface area contributed by atoms with E-state index in [4.69, 9.17) is 4.74 Å². The topological polar surface area (TPSA) is 29.5 Å². The largest absolute Gasteiger partial charge is 0.493 e. The minimum atomic E-state index is -0.371. The van der Waals surface area contributed by atoms with E-state index in [1.807, 2.05) is 38.1 Å². The van der Waals surface area contributed by atoms with Gasteiger partial charge in [0.2, 0.25) is 0 Å². The standard InChI is InChI=1S/C14H20O2/c1-4-14(15)12-5-7-13(8-6-12)16-10-9-11(2)3/h5-8,14-15H,2,4,9-10H2,1,3H3/t14-/m1/s1. The number of aliphatic hydroxyl groups is 1. The van der Waals surface area contributed by atoms with Crippen molar-refractivity contribution < 1.29 is 9.84 Å². The molecule has 1 N–H and O–H groups in total. The van der Waals surface area contributed by atoms with Crippen LogP contribution < -0.4 is 4.74 Å². The minimum absolute atomic E-state index is 0.371. The van der Waals surface area contributed by atoms with Crippen molar-refractivity contribution >= 4 is 0 Å². The molecule has 2 heteroatoms. The molecular weight excluding hydrogens is 200 g/mol. The van der Waals surface area contributed by atoms with Gasteiger partial charge >= 0.3 is 0 Å².